The molecule has 1 amide bonds. The van der Waals surface area contributed by atoms with E-state index in [1.165, 1.54) is 4.90 Å². The molecule has 5 nitrogen and oxygen atoms in total. The van der Waals surface area contributed by atoms with Crippen LogP contribution in [0.1, 0.15) is 39.2 Å². The van der Waals surface area contributed by atoms with Crippen LogP contribution in [0.3, 0.4) is 0 Å². The van der Waals surface area contributed by atoms with Crippen molar-refractivity contribution in [1.82, 2.24) is 9.88 Å². The Labute approximate surface area is 153 Å². The zero-order valence-electron chi connectivity index (χ0n) is 14.8. The van der Waals surface area contributed by atoms with Gasteiger partial charge in [-0.05, 0) is 45.0 Å². The highest BCUT2D eigenvalue weighted by atomic mass is 19.4. The summed E-state index contributed by atoms with van der Waals surface area (Å²) in [5.41, 5.74) is -1.60. The van der Waals surface area contributed by atoms with Gasteiger partial charge in [-0.2, -0.15) is 13.2 Å². The van der Waals surface area contributed by atoms with Gasteiger partial charge in [0, 0.05) is 12.3 Å². The summed E-state index contributed by atoms with van der Waals surface area (Å²) in [5, 5.41) is -1.38. The van der Waals surface area contributed by atoms with Crippen LogP contribution in [-0.4, -0.2) is 55.3 Å². The van der Waals surface area contributed by atoms with Gasteiger partial charge in [0.1, 0.15) is 12.2 Å². The number of halogens is 3. The van der Waals surface area contributed by atoms with Crippen molar-refractivity contribution >= 4 is 21.8 Å². The highest BCUT2D eigenvalue weighted by molar-refractivity contribution is 6.41. The van der Waals surface area contributed by atoms with E-state index in [2.05, 4.69) is 4.98 Å². The number of likely N-dealkylation sites (tertiary alicyclic amines) is 1. The molecule has 2 heterocycles. The Bertz CT molecular complexity index is 646. The number of carbonyl (C=O) groups is 1. The van der Waals surface area contributed by atoms with Gasteiger partial charge in [0.05, 0.1) is 27.3 Å². The predicted molar refractivity (Wildman–Crippen MR) is 90.1 cm³/mol. The summed E-state index contributed by atoms with van der Waals surface area (Å²) in [4.78, 5) is 17.2. The summed E-state index contributed by atoms with van der Waals surface area (Å²) in [6.45, 7) is 5.13. The first-order valence-electron chi connectivity index (χ1n) is 8.06. The molecule has 1 aliphatic rings. The van der Waals surface area contributed by atoms with Crippen LogP contribution in [0.4, 0.5) is 18.0 Å². The first kappa shape index (κ1) is 20.5. The van der Waals surface area contributed by atoms with E-state index in [9.17, 15) is 18.0 Å². The molecule has 1 aliphatic heterocycles. The minimum absolute atomic E-state index is 0.00804. The zero-order chi connectivity index (χ0) is 19.8. The normalized spacial score (nSPS) is 20.1. The third kappa shape index (κ3) is 5.08. The van der Waals surface area contributed by atoms with Gasteiger partial charge in [-0.15, -0.1) is 0 Å². The molecule has 1 unspecified atom stereocenters. The fraction of sp³-hybridized carbons (Fsp3) is 0.625. The quantitative estimate of drug-likeness (QED) is 0.773. The van der Waals surface area contributed by atoms with Gasteiger partial charge in [0.2, 0.25) is 5.88 Å². The lowest BCUT2D eigenvalue weighted by Gasteiger charge is -2.37. The molecule has 0 aromatic carbocycles. The monoisotopic (exact) mass is 366 g/mol. The van der Waals surface area contributed by atoms with Gasteiger partial charge in [0.15, 0.2) is 0 Å². The standard InChI is InChI=1S/C16H19B2F3N2O3/c1-14(2,3)26-13(24)23-11(6-7-15(23,17)18)9-25-12-5-4-10(8-22-12)16(19,20)21/h4-5,8,11H,6-7,9H2,1-3H3. The van der Waals surface area contributed by atoms with E-state index < -0.39 is 34.8 Å². The topological polar surface area (TPSA) is 51.7 Å². The van der Waals surface area contributed by atoms with Crippen LogP contribution < -0.4 is 4.74 Å². The predicted octanol–water partition coefficient (Wildman–Crippen LogP) is 2.87. The zero-order valence-corrected chi connectivity index (χ0v) is 14.8. The lowest BCUT2D eigenvalue weighted by atomic mass is 9.60. The number of rotatable bonds is 3. The number of amides is 1. The molecule has 0 aliphatic carbocycles. The Morgan fingerprint density at radius 2 is 2.00 bits per heavy atom. The van der Waals surface area contributed by atoms with Crippen LogP contribution in [0, 0.1) is 0 Å². The van der Waals surface area contributed by atoms with Crippen LogP contribution in [0.15, 0.2) is 18.3 Å². The lowest BCUT2D eigenvalue weighted by Crippen LogP contribution is -2.54. The molecular formula is C16H19B2F3N2O3. The van der Waals surface area contributed by atoms with Crippen LogP contribution in [0.5, 0.6) is 5.88 Å². The molecule has 1 aromatic rings. The van der Waals surface area contributed by atoms with Crippen LogP contribution in [0.2, 0.25) is 0 Å². The molecule has 1 aromatic heterocycles. The molecule has 0 bridgehead atoms. The minimum atomic E-state index is -4.47. The third-order valence-corrected chi connectivity index (χ3v) is 3.77. The Hall–Kier alpha value is -1.86. The van der Waals surface area contributed by atoms with Crippen molar-refractivity contribution in [1.29, 1.82) is 0 Å². The first-order chi connectivity index (χ1) is 11.8. The van der Waals surface area contributed by atoms with Gasteiger partial charge >= 0.3 is 12.3 Å². The van der Waals surface area contributed by atoms with Crippen molar-refractivity contribution < 1.29 is 27.4 Å². The van der Waals surface area contributed by atoms with E-state index in [1.54, 1.807) is 20.8 Å². The van der Waals surface area contributed by atoms with E-state index in [4.69, 9.17) is 25.2 Å². The smallest absolute Gasteiger partial charge is 0.417 e. The molecule has 1 atom stereocenters. The summed E-state index contributed by atoms with van der Waals surface area (Å²) in [6, 6.07) is 1.51. The van der Waals surface area contributed by atoms with E-state index in [0.29, 0.717) is 19.0 Å². The Balaban J connectivity index is 2.04. The summed E-state index contributed by atoms with van der Waals surface area (Å²) in [5.74, 6) is 0.00804. The average Bonchev–Trinajstić information content (AvgIpc) is 2.77. The number of pyridine rings is 1. The molecule has 1 fully saturated rings. The van der Waals surface area contributed by atoms with Crippen molar-refractivity contribution in [2.75, 3.05) is 6.61 Å². The summed E-state index contributed by atoms with van der Waals surface area (Å²) < 4.78 is 48.4. The Morgan fingerprint density at radius 1 is 1.35 bits per heavy atom. The number of hydrogen-bond donors (Lipinski definition) is 0. The van der Waals surface area contributed by atoms with E-state index >= 15 is 0 Å². The SMILES string of the molecule is [B]C1([B])CCC(COc2ccc(C(F)(F)F)cn2)N1C(=O)OC(C)(C)C. The summed E-state index contributed by atoms with van der Waals surface area (Å²) >= 11 is 0. The molecule has 10 heteroatoms. The van der Waals surface area contributed by atoms with Crippen molar-refractivity contribution in [3.63, 3.8) is 0 Å². The Morgan fingerprint density at radius 3 is 2.50 bits per heavy atom. The number of aromatic nitrogens is 1. The highest BCUT2D eigenvalue weighted by Gasteiger charge is 2.43. The molecule has 2 rings (SSSR count). The second-order valence-electron chi connectivity index (χ2n) is 7.23. The van der Waals surface area contributed by atoms with Gasteiger partial charge in [-0.1, -0.05) is 0 Å². The second-order valence-corrected chi connectivity index (χ2v) is 7.23. The minimum Gasteiger partial charge on any atom is -0.475 e. The van der Waals surface area contributed by atoms with Crippen LogP contribution in [0.25, 0.3) is 0 Å². The van der Waals surface area contributed by atoms with E-state index in [1.807, 2.05) is 0 Å². The summed E-state index contributed by atoms with van der Waals surface area (Å²) in [7, 11) is 12.0. The molecule has 1 saturated heterocycles. The van der Waals surface area contributed by atoms with Gasteiger partial charge in [-0.3, -0.25) is 0 Å². The van der Waals surface area contributed by atoms with Gasteiger partial charge < -0.3 is 14.4 Å². The maximum Gasteiger partial charge on any atom is 0.417 e. The maximum absolute atomic E-state index is 12.5. The van der Waals surface area contributed by atoms with Crippen molar-refractivity contribution in [3.8, 4) is 5.88 Å². The largest absolute Gasteiger partial charge is 0.475 e. The number of ether oxygens (including phenoxy) is 2. The van der Waals surface area contributed by atoms with Crippen molar-refractivity contribution in [3.05, 3.63) is 23.9 Å². The Kier molecular flexibility index (Phi) is 5.54. The molecule has 26 heavy (non-hydrogen) atoms. The molecule has 138 valence electrons. The van der Waals surface area contributed by atoms with Crippen molar-refractivity contribution in [2.45, 2.75) is 56.8 Å². The van der Waals surface area contributed by atoms with Gasteiger partial charge in [0.25, 0.3) is 0 Å². The van der Waals surface area contributed by atoms with Crippen molar-refractivity contribution in [2.24, 2.45) is 0 Å². The van der Waals surface area contributed by atoms with E-state index in [0.717, 1.165) is 12.1 Å². The fourth-order valence-electron chi connectivity index (χ4n) is 2.59. The van der Waals surface area contributed by atoms with Crippen LogP contribution in [-0.2, 0) is 10.9 Å². The van der Waals surface area contributed by atoms with E-state index in [-0.39, 0.29) is 12.5 Å². The number of hydrogen-bond acceptors (Lipinski definition) is 4. The molecule has 0 N–H and O–H groups in total. The van der Waals surface area contributed by atoms with Crippen LogP contribution >= 0.6 is 0 Å². The molecule has 4 radical (unpaired) electrons. The average molecular weight is 366 g/mol. The second kappa shape index (κ2) is 7.04. The summed E-state index contributed by atoms with van der Waals surface area (Å²) in [6.07, 6.45) is -3.66. The lowest BCUT2D eigenvalue weighted by molar-refractivity contribution is -0.137. The highest BCUT2D eigenvalue weighted by Crippen LogP contribution is 2.32. The molecular weight excluding hydrogens is 347 g/mol. The maximum atomic E-state index is 12.5. The molecule has 0 saturated carbocycles. The number of alkyl halides is 3. The van der Waals surface area contributed by atoms with Gasteiger partial charge in [-0.25, -0.2) is 9.78 Å². The number of carbonyl (C=O) groups excluding carboxylic acids is 1. The first-order valence-corrected chi connectivity index (χ1v) is 8.06. The fourth-order valence-corrected chi connectivity index (χ4v) is 2.59. The number of nitrogens with zero attached hydrogens (tertiary/aromatic N) is 2. The molecule has 0 spiro atoms. The third-order valence-electron chi connectivity index (χ3n) is 3.77.